The van der Waals surface area contributed by atoms with Crippen molar-refractivity contribution in [3.63, 3.8) is 0 Å². The highest BCUT2D eigenvalue weighted by atomic mass is 35.5. The quantitative estimate of drug-likeness (QED) is 0.0847. The second-order valence-corrected chi connectivity index (χ2v) is 15.8. The summed E-state index contributed by atoms with van der Waals surface area (Å²) in [6, 6.07) is 11.1. The lowest BCUT2D eigenvalue weighted by Crippen LogP contribution is -2.61. The van der Waals surface area contributed by atoms with E-state index in [0.717, 1.165) is 10.6 Å². The first-order chi connectivity index (χ1) is 26.7. The summed E-state index contributed by atoms with van der Waals surface area (Å²) in [6.07, 6.45) is 2.13. The lowest BCUT2D eigenvalue weighted by Gasteiger charge is -2.51. The van der Waals surface area contributed by atoms with Gasteiger partial charge in [-0.15, -0.1) is 23.2 Å². The van der Waals surface area contributed by atoms with E-state index in [1.54, 1.807) is 30.3 Å². The van der Waals surface area contributed by atoms with E-state index in [0.29, 0.717) is 43.2 Å². The molecule has 17 heteroatoms. The molecular formula is C39H28Cl2F5N3O7. The molecule has 0 bridgehead atoms. The zero-order valence-corrected chi connectivity index (χ0v) is 30.4. The van der Waals surface area contributed by atoms with Crippen molar-refractivity contribution in [2.75, 3.05) is 41.0 Å². The number of hydrogen-bond acceptors (Lipinski definition) is 8. The van der Waals surface area contributed by atoms with Gasteiger partial charge in [0.25, 0.3) is 11.8 Å². The molecule has 3 aromatic carbocycles. The monoisotopic (exact) mass is 815 g/mol. The van der Waals surface area contributed by atoms with Gasteiger partial charge in [-0.3, -0.25) is 24.1 Å². The van der Waals surface area contributed by atoms with Crippen molar-refractivity contribution in [1.29, 1.82) is 0 Å². The largest absolute Gasteiger partial charge is 0.508 e. The lowest BCUT2D eigenvalue weighted by atomic mass is 9.56. The van der Waals surface area contributed by atoms with E-state index in [-0.39, 0.29) is 34.8 Å². The molecule has 290 valence electrons. The van der Waals surface area contributed by atoms with Crippen LogP contribution in [0.4, 0.5) is 39.0 Å². The number of benzene rings is 3. The topological polar surface area (TPSA) is 117 Å². The summed E-state index contributed by atoms with van der Waals surface area (Å²) in [7, 11) is 0. The summed E-state index contributed by atoms with van der Waals surface area (Å²) in [5, 5.41) is 10.2. The molecule has 6 atom stereocenters. The molecule has 2 aliphatic carbocycles. The molecule has 1 saturated carbocycles. The molecule has 0 radical (unpaired) electrons. The van der Waals surface area contributed by atoms with Crippen LogP contribution in [-0.2, 0) is 30.3 Å². The third kappa shape index (κ3) is 4.89. The number of rotatable bonds is 4. The van der Waals surface area contributed by atoms with Crippen LogP contribution in [0.15, 0.2) is 65.9 Å². The summed E-state index contributed by atoms with van der Waals surface area (Å²) in [5.41, 5.74) is 0.175. The molecule has 0 spiro atoms. The van der Waals surface area contributed by atoms with E-state index in [2.05, 4.69) is 4.90 Å². The molecule has 4 amide bonds. The second-order valence-electron chi connectivity index (χ2n) is 14.6. The van der Waals surface area contributed by atoms with Gasteiger partial charge in [-0.1, -0.05) is 11.6 Å². The minimum atomic E-state index is -2.69. The second kappa shape index (κ2) is 12.8. The summed E-state index contributed by atoms with van der Waals surface area (Å²) < 4.78 is 85.3. The number of phenols is 1. The maximum absolute atomic E-state index is 15.4. The number of aromatic hydroxyl groups is 1. The number of imide groups is 2. The van der Waals surface area contributed by atoms with E-state index in [4.69, 9.17) is 32.7 Å². The Morgan fingerprint density at radius 2 is 1.41 bits per heavy atom. The number of fused-ring (bicyclic) bond motifs is 5. The number of morpholine rings is 1. The van der Waals surface area contributed by atoms with Gasteiger partial charge in [0.05, 0.1) is 37.0 Å². The van der Waals surface area contributed by atoms with Crippen LogP contribution >= 0.6 is 23.2 Å². The summed E-state index contributed by atoms with van der Waals surface area (Å²) >= 11 is 14.5. The Morgan fingerprint density at radius 1 is 0.768 bits per heavy atom. The van der Waals surface area contributed by atoms with Crippen molar-refractivity contribution in [2.45, 2.75) is 29.0 Å². The molecule has 3 aromatic rings. The van der Waals surface area contributed by atoms with Gasteiger partial charge in [0.1, 0.15) is 17.2 Å². The van der Waals surface area contributed by atoms with Crippen molar-refractivity contribution in [2.24, 2.45) is 23.7 Å². The van der Waals surface area contributed by atoms with Crippen LogP contribution in [0, 0.1) is 52.8 Å². The first-order valence-electron chi connectivity index (χ1n) is 17.6. The van der Waals surface area contributed by atoms with Gasteiger partial charge in [0.15, 0.2) is 33.0 Å². The number of allylic oxidation sites excluding steroid dienone is 3. The van der Waals surface area contributed by atoms with Gasteiger partial charge in [0, 0.05) is 36.7 Å². The van der Waals surface area contributed by atoms with Crippen LogP contribution in [0.5, 0.6) is 11.5 Å². The third-order valence-corrected chi connectivity index (χ3v) is 13.3. The molecule has 4 heterocycles. The van der Waals surface area contributed by atoms with Crippen LogP contribution in [0.1, 0.15) is 18.4 Å². The number of anilines is 3. The Morgan fingerprint density at radius 3 is 2.09 bits per heavy atom. The van der Waals surface area contributed by atoms with Gasteiger partial charge in [-0.2, -0.15) is 0 Å². The summed E-state index contributed by atoms with van der Waals surface area (Å²) in [6.45, 7) is 2.40. The van der Waals surface area contributed by atoms with E-state index < -0.39 is 98.2 Å². The molecule has 3 saturated heterocycles. The van der Waals surface area contributed by atoms with Gasteiger partial charge in [-0.25, -0.2) is 26.9 Å². The molecule has 10 nitrogen and oxygen atoms in total. The highest BCUT2D eigenvalue weighted by molar-refractivity contribution is 6.58. The fourth-order valence-electron chi connectivity index (χ4n) is 9.27. The van der Waals surface area contributed by atoms with Crippen molar-refractivity contribution in [1.82, 2.24) is 0 Å². The Balaban J connectivity index is 1.16. The van der Waals surface area contributed by atoms with Crippen molar-refractivity contribution >= 4 is 63.9 Å². The minimum Gasteiger partial charge on any atom is -0.508 e. The number of phenolic OH excluding ortho intramolecular Hbond substituents is 1. The number of halogens is 7. The Kier molecular flexibility index (Phi) is 8.35. The third-order valence-electron chi connectivity index (χ3n) is 11.9. The zero-order chi connectivity index (χ0) is 39.6. The van der Waals surface area contributed by atoms with Crippen molar-refractivity contribution in [3.05, 3.63) is 101 Å². The highest BCUT2D eigenvalue weighted by Crippen LogP contribution is 2.65. The molecule has 9 rings (SSSR count). The number of amides is 4. The number of ether oxygens (including phenoxy) is 2. The number of hydrogen-bond donors (Lipinski definition) is 1. The number of nitrogens with zero attached hydrogens (tertiary/aromatic N) is 3. The summed E-state index contributed by atoms with van der Waals surface area (Å²) in [5.74, 6) is -21.1. The predicted octanol–water partition coefficient (Wildman–Crippen LogP) is 6.04. The summed E-state index contributed by atoms with van der Waals surface area (Å²) in [4.78, 5) is 55.2. The van der Waals surface area contributed by atoms with E-state index >= 15 is 8.78 Å². The average Bonchev–Trinajstić information content (AvgIpc) is 3.54. The molecule has 6 unspecified atom stereocenters. The SMILES string of the molecule is O=C1C2CC=C3C(CC4(Cl)C(=O)N(c5c(F)c(F)c(F)c(F)c5F)C(=O)C4(Cl)C3C3=COc4ccc(O)cc4C3)C2C(=O)N1c1ccc(N2CCOCC2)cc1. The predicted molar refractivity (Wildman–Crippen MR) is 190 cm³/mol. The van der Waals surface area contributed by atoms with Crippen molar-refractivity contribution in [3.8, 4) is 11.5 Å². The zero-order valence-electron chi connectivity index (χ0n) is 28.8. The van der Waals surface area contributed by atoms with Gasteiger partial charge < -0.3 is 19.5 Å². The van der Waals surface area contributed by atoms with E-state index in [1.165, 1.54) is 24.5 Å². The van der Waals surface area contributed by atoms with Crippen LogP contribution in [0.2, 0.25) is 0 Å². The normalized spacial score (nSPS) is 29.7. The smallest absolute Gasteiger partial charge is 0.258 e. The number of alkyl halides is 2. The maximum Gasteiger partial charge on any atom is 0.258 e. The van der Waals surface area contributed by atoms with Crippen LogP contribution in [0.25, 0.3) is 0 Å². The standard InChI is InChI=1S/C39H28Cl2F5N3O7/c40-38-15-24-22(6-7-23-26(24)35(52)48(34(23)51)20-3-1-19(2-4-20)47-9-11-55-12-10-47)27(18-13-17-14-21(50)5-8-25(17)56-16-18)39(38,41)37(54)49(36(38)53)33-31(45)29(43)28(42)30(44)32(33)46/h1-6,8,14,16,23-24,26-27,50H,7,9-13,15H2. The van der Waals surface area contributed by atoms with Crippen LogP contribution in [0.3, 0.4) is 0 Å². The van der Waals surface area contributed by atoms with Gasteiger partial charge >= 0.3 is 0 Å². The van der Waals surface area contributed by atoms with Gasteiger partial charge in [0.2, 0.25) is 17.6 Å². The first-order valence-corrected chi connectivity index (χ1v) is 18.4. The first kappa shape index (κ1) is 36.6. The maximum atomic E-state index is 15.4. The average molecular weight is 817 g/mol. The Labute approximate surface area is 324 Å². The fraction of sp³-hybridized carbons (Fsp3) is 0.333. The van der Waals surface area contributed by atoms with E-state index in [9.17, 15) is 37.5 Å². The lowest BCUT2D eigenvalue weighted by molar-refractivity contribution is -0.125. The molecule has 4 fully saturated rings. The Bertz CT molecular complexity index is 2330. The van der Waals surface area contributed by atoms with E-state index in [1.807, 2.05) is 0 Å². The number of carbonyl (C=O) groups excluding carboxylic acids is 4. The Hall–Kier alpha value is -4.99. The minimum absolute atomic E-state index is 0.0167. The molecule has 0 aromatic heterocycles. The van der Waals surface area contributed by atoms with Crippen LogP contribution in [-0.4, -0.2) is 64.8 Å². The molecule has 6 aliphatic rings. The molecule has 56 heavy (non-hydrogen) atoms. The van der Waals surface area contributed by atoms with Gasteiger partial charge in [-0.05, 0) is 66.8 Å². The van der Waals surface area contributed by atoms with Crippen LogP contribution < -0.4 is 19.4 Å². The highest BCUT2D eigenvalue weighted by Gasteiger charge is 2.77. The fourth-order valence-corrected chi connectivity index (χ4v) is 10.2. The molecular weight excluding hydrogens is 788 g/mol. The van der Waals surface area contributed by atoms with Crippen molar-refractivity contribution < 1.29 is 55.7 Å². The molecule has 4 aliphatic heterocycles. The number of carbonyl (C=O) groups is 4. The molecule has 1 N–H and O–H groups in total.